The van der Waals surface area contributed by atoms with Crippen LogP contribution >= 0.6 is 0 Å². The van der Waals surface area contributed by atoms with E-state index in [-0.39, 0.29) is 12.0 Å². The first-order valence-corrected chi connectivity index (χ1v) is 5.80. The molecule has 94 valence electrons. The van der Waals surface area contributed by atoms with Gasteiger partial charge in [-0.25, -0.2) is 4.79 Å². The van der Waals surface area contributed by atoms with Gasteiger partial charge in [-0.05, 0) is 31.4 Å². The Balaban J connectivity index is 3.05. The lowest BCUT2D eigenvalue weighted by Crippen LogP contribution is -2.13. The van der Waals surface area contributed by atoms with Crippen molar-refractivity contribution in [2.24, 2.45) is 5.92 Å². The first kappa shape index (κ1) is 13.6. The summed E-state index contributed by atoms with van der Waals surface area (Å²) in [5, 5.41) is 18.4. The molecule has 1 atom stereocenters. The highest BCUT2D eigenvalue weighted by Crippen LogP contribution is 2.13. The maximum Gasteiger partial charge on any atom is 0.337 e. The van der Waals surface area contributed by atoms with Crippen LogP contribution in [0, 0.1) is 5.92 Å². The van der Waals surface area contributed by atoms with E-state index in [2.05, 4.69) is 18.8 Å². The third-order valence-corrected chi connectivity index (χ3v) is 2.37. The fraction of sp³-hybridized carbons (Fsp3) is 0.538. The molecule has 0 saturated carbocycles. The Morgan fingerprint density at radius 2 is 1.94 bits per heavy atom. The van der Waals surface area contributed by atoms with E-state index in [0.29, 0.717) is 11.6 Å². The van der Waals surface area contributed by atoms with Crippen LogP contribution in [0.3, 0.4) is 0 Å². The number of hydrogen-bond donors (Lipinski definition) is 2. The van der Waals surface area contributed by atoms with Crippen LogP contribution in [0.15, 0.2) is 12.1 Å². The monoisotopic (exact) mass is 237 g/mol. The number of aromatic nitrogens is 1. The number of aliphatic hydroxyl groups is 1. The molecule has 0 radical (unpaired) electrons. The molecule has 0 aliphatic rings. The SMILES string of the molecule is CC(C)Cc1ccc(C(=O)O)c(CC(C)O)n1. The average molecular weight is 237 g/mol. The molecule has 0 aliphatic heterocycles. The zero-order valence-electron chi connectivity index (χ0n) is 10.5. The van der Waals surface area contributed by atoms with Crippen LogP contribution in [0.1, 0.15) is 42.5 Å². The van der Waals surface area contributed by atoms with Crippen LogP contribution in [0.25, 0.3) is 0 Å². The van der Waals surface area contributed by atoms with Gasteiger partial charge in [0.2, 0.25) is 0 Å². The van der Waals surface area contributed by atoms with Gasteiger partial charge >= 0.3 is 5.97 Å². The molecule has 1 aromatic rings. The molecule has 0 fully saturated rings. The van der Waals surface area contributed by atoms with E-state index in [1.807, 2.05) is 0 Å². The van der Waals surface area contributed by atoms with Crippen molar-refractivity contribution >= 4 is 5.97 Å². The minimum absolute atomic E-state index is 0.179. The minimum Gasteiger partial charge on any atom is -0.478 e. The van der Waals surface area contributed by atoms with Crippen molar-refractivity contribution in [3.63, 3.8) is 0 Å². The third kappa shape index (κ3) is 4.15. The van der Waals surface area contributed by atoms with Crippen molar-refractivity contribution in [2.75, 3.05) is 0 Å². The molecule has 1 unspecified atom stereocenters. The van der Waals surface area contributed by atoms with Crippen LogP contribution in [0.5, 0.6) is 0 Å². The number of carboxylic acid groups (broad SMARTS) is 1. The number of pyridine rings is 1. The summed E-state index contributed by atoms with van der Waals surface area (Å²) >= 11 is 0. The van der Waals surface area contributed by atoms with Gasteiger partial charge in [0.15, 0.2) is 0 Å². The number of hydrogen-bond acceptors (Lipinski definition) is 3. The lowest BCUT2D eigenvalue weighted by atomic mass is 10.0. The van der Waals surface area contributed by atoms with Gasteiger partial charge in [0.05, 0.1) is 17.4 Å². The highest BCUT2D eigenvalue weighted by molar-refractivity contribution is 5.88. The van der Waals surface area contributed by atoms with E-state index in [0.717, 1.165) is 12.1 Å². The van der Waals surface area contributed by atoms with Gasteiger partial charge in [-0.15, -0.1) is 0 Å². The normalized spacial score (nSPS) is 12.8. The Hall–Kier alpha value is -1.42. The molecule has 4 nitrogen and oxygen atoms in total. The Kier molecular flexibility index (Phi) is 4.63. The number of carbonyl (C=O) groups is 1. The summed E-state index contributed by atoms with van der Waals surface area (Å²) in [5.41, 5.74) is 1.52. The first-order valence-electron chi connectivity index (χ1n) is 5.80. The largest absolute Gasteiger partial charge is 0.478 e. The summed E-state index contributed by atoms with van der Waals surface area (Å²) in [6.07, 6.45) is 0.496. The van der Waals surface area contributed by atoms with E-state index in [4.69, 9.17) is 5.11 Å². The predicted molar refractivity (Wildman–Crippen MR) is 65.1 cm³/mol. The number of carboxylic acids is 1. The zero-order chi connectivity index (χ0) is 13.0. The number of aliphatic hydroxyl groups excluding tert-OH is 1. The Labute approximate surface area is 101 Å². The maximum absolute atomic E-state index is 11.0. The number of rotatable bonds is 5. The van der Waals surface area contributed by atoms with Crippen molar-refractivity contribution in [1.29, 1.82) is 0 Å². The van der Waals surface area contributed by atoms with Gasteiger partial charge in [-0.3, -0.25) is 4.98 Å². The summed E-state index contributed by atoms with van der Waals surface area (Å²) < 4.78 is 0. The lowest BCUT2D eigenvalue weighted by Gasteiger charge is -2.11. The number of aromatic carboxylic acids is 1. The fourth-order valence-electron chi connectivity index (χ4n) is 1.71. The quantitative estimate of drug-likeness (QED) is 0.820. The second-order valence-electron chi connectivity index (χ2n) is 4.75. The minimum atomic E-state index is -0.996. The van der Waals surface area contributed by atoms with Crippen LogP contribution in [-0.2, 0) is 12.8 Å². The van der Waals surface area contributed by atoms with Gasteiger partial charge in [-0.2, -0.15) is 0 Å². The molecule has 1 aromatic heterocycles. The first-order chi connectivity index (χ1) is 7.90. The van der Waals surface area contributed by atoms with Crippen molar-refractivity contribution in [1.82, 2.24) is 4.98 Å². The van der Waals surface area contributed by atoms with E-state index in [1.165, 1.54) is 0 Å². The standard InChI is InChI=1S/C13H19NO3/c1-8(2)6-10-4-5-11(13(16)17)12(14-10)7-9(3)15/h4-5,8-9,15H,6-7H2,1-3H3,(H,16,17). The molecule has 0 spiro atoms. The predicted octanol–water partition coefficient (Wildman–Crippen LogP) is 1.90. The smallest absolute Gasteiger partial charge is 0.337 e. The summed E-state index contributed by atoms with van der Waals surface area (Å²) in [4.78, 5) is 15.3. The molecule has 4 heteroatoms. The van der Waals surface area contributed by atoms with E-state index < -0.39 is 12.1 Å². The Morgan fingerprint density at radius 3 is 2.41 bits per heavy atom. The Bertz CT molecular complexity index is 400. The number of nitrogens with zero attached hydrogens (tertiary/aromatic N) is 1. The molecule has 1 heterocycles. The second-order valence-corrected chi connectivity index (χ2v) is 4.75. The Morgan fingerprint density at radius 1 is 1.29 bits per heavy atom. The molecule has 0 saturated heterocycles. The van der Waals surface area contributed by atoms with Gasteiger partial charge in [0.25, 0.3) is 0 Å². The fourth-order valence-corrected chi connectivity index (χ4v) is 1.71. The highest BCUT2D eigenvalue weighted by atomic mass is 16.4. The zero-order valence-corrected chi connectivity index (χ0v) is 10.5. The lowest BCUT2D eigenvalue weighted by molar-refractivity contribution is 0.0694. The summed E-state index contributed by atoms with van der Waals surface area (Å²) in [7, 11) is 0. The maximum atomic E-state index is 11.0. The third-order valence-electron chi connectivity index (χ3n) is 2.37. The molecular formula is C13H19NO3. The van der Waals surface area contributed by atoms with E-state index in [1.54, 1.807) is 19.1 Å². The van der Waals surface area contributed by atoms with Gasteiger partial charge in [0, 0.05) is 12.1 Å². The molecule has 0 aromatic carbocycles. The summed E-state index contributed by atoms with van der Waals surface area (Å²) in [6.45, 7) is 5.80. The van der Waals surface area contributed by atoms with Crippen LogP contribution in [-0.4, -0.2) is 27.3 Å². The molecular weight excluding hydrogens is 218 g/mol. The second kappa shape index (κ2) is 5.77. The van der Waals surface area contributed by atoms with Crippen molar-refractivity contribution in [3.05, 3.63) is 29.1 Å². The topological polar surface area (TPSA) is 70.4 Å². The van der Waals surface area contributed by atoms with E-state index >= 15 is 0 Å². The molecule has 17 heavy (non-hydrogen) atoms. The molecule has 2 N–H and O–H groups in total. The highest BCUT2D eigenvalue weighted by Gasteiger charge is 2.14. The summed E-state index contributed by atoms with van der Waals surface area (Å²) in [5.74, 6) is -0.526. The molecule has 1 rings (SSSR count). The van der Waals surface area contributed by atoms with Crippen LogP contribution in [0.2, 0.25) is 0 Å². The average Bonchev–Trinajstić information content (AvgIpc) is 2.15. The summed E-state index contributed by atoms with van der Waals surface area (Å²) in [6, 6.07) is 3.32. The van der Waals surface area contributed by atoms with Crippen molar-refractivity contribution in [3.8, 4) is 0 Å². The molecule has 0 aliphatic carbocycles. The van der Waals surface area contributed by atoms with Crippen LogP contribution in [0.4, 0.5) is 0 Å². The van der Waals surface area contributed by atoms with Gasteiger partial charge < -0.3 is 10.2 Å². The van der Waals surface area contributed by atoms with Crippen molar-refractivity contribution in [2.45, 2.75) is 39.7 Å². The van der Waals surface area contributed by atoms with Crippen LogP contribution < -0.4 is 0 Å². The molecule has 0 amide bonds. The van der Waals surface area contributed by atoms with E-state index in [9.17, 15) is 9.90 Å². The van der Waals surface area contributed by atoms with Gasteiger partial charge in [-0.1, -0.05) is 13.8 Å². The van der Waals surface area contributed by atoms with Gasteiger partial charge in [0.1, 0.15) is 0 Å². The molecule has 0 bridgehead atoms. The van der Waals surface area contributed by atoms with Crippen molar-refractivity contribution < 1.29 is 15.0 Å².